The minimum atomic E-state index is -1.04. The van der Waals surface area contributed by atoms with Gasteiger partial charge in [-0.25, -0.2) is 0 Å². The van der Waals surface area contributed by atoms with Crippen molar-refractivity contribution in [1.29, 1.82) is 0 Å². The van der Waals surface area contributed by atoms with Crippen molar-refractivity contribution in [2.45, 2.75) is 19.9 Å². The van der Waals surface area contributed by atoms with Gasteiger partial charge < -0.3 is 10.0 Å². The first-order chi connectivity index (χ1) is 8.32. The molecule has 0 heterocycles. The number of benzene rings is 1. The van der Waals surface area contributed by atoms with Gasteiger partial charge in [0.2, 0.25) is 0 Å². The number of rotatable bonds is 4. The highest BCUT2D eigenvalue weighted by atomic mass is 79.9. The van der Waals surface area contributed by atoms with Gasteiger partial charge in [-0.1, -0.05) is 11.6 Å². The minimum absolute atomic E-state index is 0.198. The molecule has 98 valence electrons. The lowest BCUT2D eigenvalue weighted by molar-refractivity contribution is -0.138. The zero-order valence-electron chi connectivity index (χ0n) is 9.98. The molecule has 6 heteroatoms. The highest BCUT2D eigenvalue weighted by molar-refractivity contribution is 9.10. The number of nitrogens with zero attached hydrogens (tertiary/aromatic N) is 1. The van der Waals surface area contributed by atoms with E-state index in [2.05, 4.69) is 15.9 Å². The highest BCUT2D eigenvalue weighted by Gasteiger charge is 2.21. The third kappa shape index (κ3) is 3.71. The zero-order valence-corrected chi connectivity index (χ0v) is 12.3. The molecule has 1 N–H and O–H groups in total. The number of hydrogen-bond acceptors (Lipinski definition) is 2. The molecule has 0 unspecified atom stereocenters. The first kappa shape index (κ1) is 15.0. The topological polar surface area (TPSA) is 57.6 Å². The second-order valence-corrected chi connectivity index (χ2v) is 5.31. The summed E-state index contributed by atoms with van der Waals surface area (Å²) in [5.41, 5.74) is 0.373. The molecule has 0 aliphatic rings. The van der Waals surface area contributed by atoms with Crippen LogP contribution in [0.25, 0.3) is 0 Å². The summed E-state index contributed by atoms with van der Waals surface area (Å²) in [6.07, 6.45) is 0. The molecule has 0 fully saturated rings. The van der Waals surface area contributed by atoms with Gasteiger partial charge in [-0.2, -0.15) is 0 Å². The third-order valence-electron chi connectivity index (χ3n) is 2.36. The maximum Gasteiger partial charge on any atom is 0.323 e. The Morgan fingerprint density at radius 1 is 1.44 bits per heavy atom. The number of carboxylic acids is 1. The summed E-state index contributed by atoms with van der Waals surface area (Å²) in [5, 5.41) is 9.22. The number of halogens is 2. The summed E-state index contributed by atoms with van der Waals surface area (Å²) in [5.74, 6) is -1.39. The van der Waals surface area contributed by atoms with Crippen LogP contribution in [-0.4, -0.2) is 34.5 Å². The molecule has 0 radical (unpaired) electrons. The highest BCUT2D eigenvalue weighted by Crippen LogP contribution is 2.24. The Labute approximate surface area is 119 Å². The Bertz CT molecular complexity index is 476. The molecule has 0 aliphatic carbocycles. The van der Waals surface area contributed by atoms with Gasteiger partial charge in [-0.15, -0.1) is 0 Å². The van der Waals surface area contributed by atoms with Gasteiger partial charge in [0.15, 0.2) is 0 Å². The lowest BCUT2D eigenvalue weighted by atomic mass is 10.1. The van der Waals surface area contributed by atoms with Crippen molar-refractivity contribution in [3.63, 3.8) is 0 Å². The average Bonchev–Trinajstić information content (AvgIpc) is 2.28. The Kier molecular flexibility index (Phi) is 5.16. The van der Waals surface area contributed by atoms with Crippen LogP contribution in [0.5, 0.6) is 0 Å². The van der Waals surface area contributed by atoms with Crippen LogP contribution in [-0.2, 0) is 4.79 Å². The van der Waals surface area contributed by atoms with Crippen molar-refractivity contribution in [2.75, 3.05) is 6.54 Å². The Balaban J connectivity index is 3.02. The predicted octanol–water partition coefficient (Wildman–Crippen LogP) is 3.04. The molecule has 1 aromatic rings. The first-order valence-electron chi connectivity index (χ1n) is 5.30. The molecule has 1 amide bonds. The van der Waals surface area contributed by atoms with Crippen molar-refractivity contribution in [3.8, 4) is 0 Å². The van der Waals surface area contributed by atoms with E-state index in [0.29, 0.717) is 15.1 Å². The normalized spacial score (nSPS) is 10.5. The summed E-state index contributed by atoms with van der Waals surface area (Å²) < 4.78 is 0.690. The van der Waals surface area contributed by atoms with E-state index < -0.39 is 5.97 Å². The van der Waals surface area contributed by atoms with Crippen LogP contribution >= 0.6 is 27.5 Å². The second kappa shape index (κ2) is 6.20. The van der Waals surface area contributed by atoms with Gasteiger partial charge in [0.25, 0.3) is 5.91 Å². The number of hydrogen-bond donors (Lipinski definition) is 1. The third-order valence-corrected chi connectivity index (χ3v) is 3.59. The quantitative estimate of drug-likeness (QED) is 0.921. The van der Waals surface area contributed by atoms with Crippen molar-refractivity contribution < 1.29 is 14.7 Å². The molecular formula is C12H13BrClNO3. The molecule has 1 aromatic carbocycles. The van der Waals surface area contributed by atoms with Crippen LogP contribution in [0, 0.1) is 0 Å². The first-order valence-corrected chi connectivity index (χ1v) is 6.48. The van der Waals surface area contributed by atoms with Crippen LogP contribution in [0.15, 0.2) is 22.7 Å². The molecule has 0 aromatic heterocycles. The van der Waals surface area contributed by atoms with Crippen LogP contribution in [0.3, 0.4) is 0 Å². The lowest BCUT2D eigenvalue weighted by Gasteiger charge is -2.25. The molecule has 0 saturated carbocycles. The number of carbonyl (C=O) groups excluding carboxylic acids is 1. The molecule has 1 rings (SSSR count). The van der Waals surface area contributed by atoms with E-state index in [-0.39, 0.29) is 18.5 Å². The number of aliphatic carboxylic acids is 1. The fourth-order valence-corrected chi connectivity index (χ4v) is 1.86. The predicted molar refractivity (Wildman–Crippen MR) is 73.0 cm³/mol. The molecule has 4 nitrogen and oxygen atoms in total. The van der Waals surface area contributed by atoms with Crippen molar-refractivity contribution in [1.82, 2.24) is 4.90 Å². The fraction of sp³-hybridized carbons (Fsp3) is 0.333. The summed E-state index contributed by atoms with van der Waals surface area (Å²) in [4.78, 5) is 24.2. The number of carbonyl (C=O) groups is 2. The SMILES string of the molecule is CC(C)N(CC(=O)O)C(=O)c1ccc(Br)c(Cl)c1. The monoisotopic (exact) mass is 333 g/mol. The van der Waals surface area contributed by atoms with Gasteiger partial charge in [0.1, 0.15) is 6.54 Å². The molecule has 18 heavy (non-hydrogen) atoms. The van der Waals surface area contributed by atoms with E-state index in [0.717, 1.165) is 0 Å². The van der Waals surface area contributed by atoms with Gasteiger partial charge in [-0.3, -0.25) is 9.59 Å². The van der Waals surface area contributed by atoms with Crippen molar-refractivity contribution in [3.05, 3.63) is 33.3 Å². The Morgan fingerprint density at radius 3 is 2.50 bits per heavy atom. The van der Waals surface area contributed by atoms with Gasteiger partial charge in [0, 0.05) is 16.1 Å². The van der Waals surface area contributed by atoms with Crippen LogP contribution < -0.4 is 0 Å². The van der Waals surface area contributed by atoms with Gasteiger partial charge >= 0.3 is 5.97 Å². The van der Waals surface area contributed by atoms with Crippen molar-refractivity contribution >= 4 is 39.4 Å². The van der Waals surface area contributed by atoms with E-state index in [9.17, 15) is 9.59 Å². The maximum absolute atomic E-state index is 12.2. The lowest BCUT2D eigenvalue weighted by Crippen LogP contribution is -2.40. The molecule has 0 atom stereocenters. The molecule has 0 saturated heterocycles. The smallest absolute Gasteiger partial charge is 0.323 e. The Morgan fingerprint density at radius 2 is 2.06 bits per heavy atom. The largest absolute Gasteiger partial charge is 0.480 e. The van der Waals surface area contributed by atoms with Crippen LogP contribution in [0.2, 0.25) is 5.02 Å². The average molecular weight is 335 g/mol. The fourth-order valence-electron chi connectivity index (χ4n) is 1.43. The molecule has 0 bridgehead atoms. The zero-order chi connectivity index (χ0) is 13.9. The molecule has 0 spiro atoms. The van der Waals surface area contributed by atoms with E-state index in [1.807, 2.05) is 0 Å². The summed E-state index contributed by atoms with van der Waals surface area (Å²) >= 11 is 9.15. The number of amides is 1. The van der Waals surface area contributed by atoms with Crippen LogP contribution in [0.4, 0.5) is 0 Å². The molecular weight excluding hydrogens is 321 g/mol. The summed E-state index contributed by atoms with van der Waals surface area (Å²) in [7, 11) is 0. The van der Waals surface area contributed by atoms with E-state index in [1.165, 1.54) is 11.0 Å². The summed E-state index contributed by atoms with van der Waals surface area (Å²) in [6.45, 7) is 3.20. The standard InChI is InChI=1S/C12H13BrClNO3/c1-7(2)15(6-11(16)17)12(18)8-3-4-9(13)10(14)5-8/h3-5,7H,6H2,1-2H3,(H,16,17). The number of carboxylic acid groups (broad SMARTS) is 1. The Hall–Kier alpha value is -1.07. The maximum atomic E-state index is 12.2. The second-order valence-electron chi connectivity index (χ2n) is 4.05. The van der Waals surface area contributed by atoms with E-state index >= 15 is 0 Å². The van der Waals surface area contributed by atoms with Gasteiger partial charge in [-0.05, 0) is 48.0 Å². The minimum Gasteiger partial charge on any atom is -0.480 e. The molecule has 0 aliphatic heterocycles. The van der Waals surface area contributed by atoms with Crippen LogP contribution in [0.1, 0.15) is 24.2 Å². The van der Waals surface area contributed by atoms with E-state index in [4.69, 9.17) is 16.7 Å². The summed E-state index contributed by atoms with van der Waals surface area (Å²) in [6, 6.07) is 4.59. The van der Waals surface area contributed by atoms with E-state index in [1.54, 1.807) is 26.0 Å². The van der Waals surface area contributed by atoms with Gasteiger partial charge in [0.05, 0.1) is 5.02 Å². The van der Waals surface area contributed by atoms with Crippen molar-refractivity contribution in [2.24, 2.45) is 0 Å².